The van der Waals surface area contributed by atoms with Crippen LogP contribution in [0.2, 0.25) is 0 Å². The number of rotatable bonds is 3. The SMILES string of the molecule is CCCCn1ccc(=O)[nH]1. The zero-order valence-corrected chi connectivity index (χ0v) is 6.13. The second-order valence-corrected chi connectivity index (χ2v) is 2.34. The van der Waals surface area contributed by atoms with E-state index in [1.165, 1.54) is 6.07 Å². The van der Waals surface area contributed by atoms with Crippen molar-refractivity contribution in [2.75, 3.05) is 0 Å². The fourth-order valence-electron chi connectivity index (χ4n) is 0.833. The molecule has 0 fully saturated rings. The molecule has 0 unspecified atom stereocenters. The van der Waals surface area contributed by atoms with E-state index in [2.05, 4.69) is 12.0 Å². The molecular formula is C7H12N2O. The summed E-state index contributed by atoms with van der Waals surface area (Å²) in [6, 6.07) is 1.54. The second kappa shape index (κ2) is 3.25. The van der Waals surface area contributed by atoms with E-state index >= 15 is 0 Å². The van der Waals surface area contributed by atoms with E-state index in [-0.39, 0.29) is 5.56 Å². The predicted octanol–water partition coefficient (Wildman–Crippen LogP) is 0.976. The maximum absolute atomic E-state index is 10.6. The van der Waals surface area contributed by atoms with Crippen LogP contribution in [0.25, 0.3) is 0 Å². The van der Waals surface area contributed by atoms with Crippen molar-refractivity contribution >= 4 is 0 Å². The number of aromatic nitrogens is 2. The maximum Gasteiger partial charge on any atom is 0.264 e. The molecule has 1 N–H and O–H groups in total. The Hall–Kier alpha value is -0.990. The minimum absolute atomic E-state index is 0.0175. The smallest absolute Gasteiger partial charge is 0.264 e. The van der Waals surface area contributed by atoms with Crippen LogP contribution in [0.1, 0.15) is 19.8 Å². The molecule has 3 nitrogen and oxygen atoms in total. The van der Waals surface area contributed by atoms with Gasteiger partial charge in [-0.1, -0.05) is 13.3 Å². The third-order valence-corrected chi connectivity index (χ3v) is 1.41. The lowest BCUT2D eigenvalue weighted by molar-refractivity contribution is 0.568. The lowest BCUT2D eigenvalue weighted by Gasteiger charge is -1.97. The topological polar surface area (TPSA) is 37.8 Å². The highest BCUT2D eigenvalue weighted by Gasteiger charge is 1.88. The van der Waals surface area contributed by atoms with Crippen LogP contribution >= 0.6 is 0 Å². The molecule has 56 valence electrons. The molecule has 0 aliphatic heterocycles. The first-order chi connectivity index (χ1) is 4.83. The molecule has 0 spiro atoms. The molecule has 1 heterocycles. The van der Waals surface area contributed by atoms with Gasteiger partial charge in [0, 0.05) is 18.8 Å². The van der Waals surface area contributed by atoms with Gasteiger partial charge in [0.25, 0.3) is 5.56 Å². The zero-order chi connectivity index (χ0) is 7.40. The number of aryl methyl sites for hydroxylation is 1. The Bertz CT molecular complexity index is 236. The zero-order valence-electron chi connectivity index (χ0n) is 6.13. The van der Waals surface area contributed by atoms with Gasteiger partial charge >= 0.3 is 0 Å². The van der Waals surface area contributed by atoms with Crippen LogP contribution in [0.3, 0.4) is 0 Å². The van der Waals surface area contributed by atoms with Crippen molar-refractivity contribution in [3.63, 3.8) is 0 Å². The Kier molecular flexibility index (Phi) is 2.31. The Balaban J connectivity index is 2.50. The monoisotopic (exact) mass is 140 g/mol. The highest BCUT2D eigenvalue weighted by molar-refractivity contribution is 4.79. The van der Waals surface area contributed by atoms with E-state index in [4.69, 9.17) is 0 Å². The fraction of sp³-hybridized carbons (Fsp3) is 0.571. The predicted molar refractivity (Wildman–Crippen MR) is 40.0 cm³/mol. The average Bonchev–Trinajstić information content (AvgIpc) is 2.31. The number of unbranched alkanes of at least 4 members (excludes halogenated alkanes) is 1. The van der Waals surface area contributed by atoms with Crippen LogP contribution in [-0.2, 0) is 6.54 Å². The number of H-pyrrole nitrogens is 1. The van der Waals surface area contributed by atoms with Crippen molar-refractivity contribution in [2.45, 2.75) is 26.3 Å². The first kappa shape index (κ1) is 7.12. The van der Waals surface area contributed by atoms with E-state index in [9.17, 15) is 4.79 Å². The van der Waals surface area contributed by atoms with Crippen molar-refractivity contribution in [1.82, 2.24) is 9.78 Å². The minimum Gasteiger partial charge on any atom is -0.292 e. The standard InChI is InChI=1S/C7H12N2O/c1-2-3-5-9-6-4-7(10)8-9/h4,6H,2-3,5H2,1H3,(H,8,10). The molecule has 0 aromatic carbocycles. The molecule has 10 heavy (non-hydrogen) atoms. The van der Waals surface area contributed by atoms with E-state index in [1.54, 1.807) is 6.20 Å². The van der Waals surface area contributed by atoms with Gasteiger partial charge in [-0.05, 0) is 6.42 Å². The van der Waals surface area contributed by atoms with Gasteiger partial charge in [0.1, 0.15) is 0 Å². The molecule has 0 radical (unpaired) electrons. The number of nitrogens with zero attached hydrogens (tertiary/aromatic N) is 1. The molecule has 1 aromatic rings. The van der Waals surface area contributed by atoms with Crippen molar-refractivity contribution in [1.29, 1.82) is 0 Å². The van der Waals surface area contributed by atoms with Gasteiger partial charge in [0.15, 0.2) is 0 Å². The Morgan fingerprint density at radius 2 is 2.50 bits per heavy atom. The number of nitrogens with one attached hydrogen (secondary N) is 1. The fourth-order valence-corrected chi connectivity index (χ4v) is 0.833. The number of aromatic amines is 1. The lowest BCUT2D eigenvalue weighted by Crippen LogP contribution is -2.04. The van der Waals surface area contributed by atoms with Crippen molar-refractivity contribution in [3.05, 3.63) is 22.6 Å². The van der Waals surface area contributed by atoms with Crippen molar-refractivity contribution in [2.24, 2.45) is 0 Å². The second-order valence-electron chi connectivity index (χ2n) is 2.34. The van der Waals surface area contributed by atoms with Crippen LogP contribution in [0, 0.1) is 0 Å². The summed E-state index contributed by atoms with van der Waals surface area (Å²) in [4.78, 5) is 10.6. The minimum atomic E-state index is -0.0175. The van der Waals surface area contributed by atoms with Gasteiger partial charge in [-0.2, -0.15) is 0 Å². The van der Waals surface area contributed by atoms with Gasteiger partial charge in [-0.15, -0.1) is 0 Å². The number of hydrogen-bond acceptors (Lipinski definition) is 1. The summed E-state index contributed by atoms with van der Waals surface area (Å²) < 4.78 is 1.81. The molecule has 0 saturated carbocycles. The molecule has 0 atom stereocenters. The third kappa shape index (κ3) is 1.76. The molecule has 0 bridgehead atoms. The van der Waals surface area contributed by atoms with Crippen LogP contribution in [0.5, 0.6) is 0 Å². The van der Waals surface area contributed by atoms with E-state index in [1.807, 2.05) is 4.68 Å². The molecular weight excluding hydrogens is 128 g/mol. The Morgan fingerprint density at radius 1 is 1.70 bits per heavy atom. The number of hydrogen-bond donors (Lipinski definition) is 1. The van der Waals surface area contributed by atoms with E-state index in [0.29, 0.717) is 0 Å². The quantitative estimate of drug-likeness (QED) is 0.667. The molecule has 1 aromatic heterocycles. The normalized spacial score (nSPS) is 10.1. The van der Waals surface area contributed by atoms with Gasteiger partial charge in [-0.25, -0.2) is 0 Å². The summed E-state index contributed by atoms with van der Waals surface area (Å²) >= 11 is 0. The van der Waals surface area contributed by atoms with Gasteiger partial charge in [0.2, 0.25) is 0 Å². The first-order valence-electron chi connectivity index (χ1n) is 3.58. The van der Waals surface area contributed by atoms with E-state index in [0.717, 1.165) is 19.4 Å². The summed E-state index contributed by atoms with van der Waals surface area (Å²) in [6.45, 7) is 3.04. The van der Waals surface area contributed by atoms with Crippen LogP contribution in [0.4, 0.5) is 0 Å². The van der Waals surface area contributed by atoms with Crippen LogP contribution in [0.15, 0.2) is 17.1 Å². The van der Waals surface area contributed by atoms with Crippen LogP contribution in [-0.4, -0.2) is 9.78 Å². The Morgan fingerprint density at radius 3 is 3.00 bits per heavy atom. The summed E-state index contributed by atoms with van der Waals surface area (Å²) in [5, 5.41) is 2.67. The van der Waals surface area contributed by atoms with Crippen LogP contribution < -0.4 is 5.56 Å². The largest absolute Gasteiger partial charge is 0.292 e. The molecule has 1 rings (SSSR count). The van der Waals surface area contributed by atoms with Gasteiger partial charge in [-0.3, -0.25) is 14.6 Å². The van der Waals surface area contributed by atoms with Gasteiger partial charge < -0.3 is 0 Å². The average molecular weight is 140 g/mol. The third-order valence-electron chi connectivity index (χ3n) is 1.41. The highest BCUT2D eigenvalue weighted by atomic mass is 16.1. The molecule has 0 saturated heterocycles. The highest BCUT2D eigenvalue weighted by Crippen LogP contribution is 1.89. The summed E-state index contributed by atoms with van der Waals surface area (Å²) in [5.41, 5.74) is -0.0175. The van der Waals surface area contributed by atoms with E-state index < -0.39 is 0 Å². The summed E-state index contributed by atoms with van der Waals surface area (Å²) in [5.74, 6) is 0. The first-order valence-corrected chi connectivity index (χ1v) is 3.58. The molecule has 0 aliphatic carbocycles. The summed E-state index contributed by atoms with van der Waals surface area (Å²) in [6.07, 6.45) is 4.04. The Labute approximate surface area is 59.7 Å². The molecule has 0 aliphatic rings. The maximum atomic E-state index is 10.6. The summed E-state index contributed by atoms with van der Waals surface area (Å²) in [7, 11) is 0. The van der Waals surface area contributed by atoms with Crippen molar-refractivity contribution in [3.8, 4) is 0 Å². The van der Waals surface area contributed by atoms with Gasteiger partial charge in [0.05, 0.1) is 0 Å². The van der Waals surface area contributed by atoms with Crippen molar-refractivity contribution < 1.29 is 0 Å². The molecule has 3 heteroatoms. The lowest BCUT2D eigenvalue weighted by atomic mass is 10.3. The molecule has 0 amide bonds.